The monoisotopic (exact) mass is 385 g/mol. The average molecular weight is 386 g/mol. The number of carboxylic acids is 1. The van der Waals surface area contributed by atoms with Crippen LogP contribution in [0, 0.1) is 0 Å². The Morgan fingerprint density at radius 3 is 1.70 bits per heavy atom. The molecule has 27 heavy (non-hydrogen) atoms. The molecular formula is C23H47NO3. The maximum atomic E-state index is 11.7. The summed E-state index contributed by atoms with van der Waals surface area (Å²) in [5, 5.41) is 22.3. The van der Waals surface area contributed by atoms with Gasteiger partial charge in [-0.1, -0.05) is 85.0 Å². The third-order valence-electron chi connectivity index (χ3n) is 6.04. The van der Waals surface area contributed by atoms with Crippen molar-refractivity contribution in [3.8, 4) is 0 Å². The Hall–Kier alpha value is -0.610. The third kappa shape index (κ3) is 11.7. The fourth-order valence-corrected chi connectivity index (χ4v) is 4.03. The summed E-state index contributed by atoms with van der Waals surface area (Å²) >= 11 is 0. The van der Waals surface area contributed by atoms with Crippen LogP contribution in [-0.4, -0.2) is 47.3 Å². The fourth-order valence-electron chi connectivity index (χ4n) is 4.03. The molecule has 0 aliphatic rings. The minimum atomic E-state index is -0.985. The van der Waals surface area contributed by atoms with Gasteiger partial charge in [-0.3, -0.25) is 0 Å². The van der Waals surface area contributed by atoms with Crippen molar-refractivity contribution in [3.05, 3.63) is 0 Å². The van der Waals surface area contributed by atoms with Gasteiger partial charge >= 0.3 is 0 Å². The number of hydrogen-bond donors (Lipinski definition) is 1. The standard InChI is InChI=1S/C23H47NO3/c1-5-8-11-12-13-14-15-16-17-22(25)20-24(18-9-6-2,19-10-7-3)21(4)23(26)27/h21-22,25H,5-20H2,1-4H3. The number of carboxylic acid groups (broad SMARTS) is 1. The van der Waals surface area contributed by atoms with Crippen LogP contribution < -0.4 is 5.11 Å². The van der Waals surface area contributed by atoms with Crippen LogP contribution in [0.25, 0.3) is 0 Å². The lowest BCUT2D eigenvalue weighted by Crippen LogP contribution is -2.63. The average Bonchev–Trinajstić information content (AvgIpc) is 2.65. The first kappa shape index (κ1) is 26.4. The smallest absolute Gasteiger partial charge is 0.126 e. The van der Waals surface area contributed by atoms with Gasteiger partial charge in [0.1, 0.15) is 18.7 Å². The van der Waals surface area contributed by atoms with Crippen molar-refractivity contribution in [2.24, 2.45) is 0 Å². The molecule has 0 radical (unpaired) electrons. The normalized spacial score (nSPS) is 14.3. The van der Waals surface area contributed by atoms with E-state index in [1.54, 1.807) is 6.92 Å². The zero-order valence-corrected chi connectivity index (χ0v) is 18.7. The number of carbonyl (C=O) groups excluding carboxylic acids is 1. The van der Waals surface area contributed by atoms with Gasteiger partial charge in [0.25, 0.3) is 0 Å². The van der Waals surface area contributed by atoms with Crippen molar-refractivity contribution in [2.75, 3.05) is 19.6 Å². The van der Waals surface area contributed by atoms with E-state index in [0.29, 0.717) is 11.0 Å². The summed E-state index contributed by atoms with van der Waals surface area (Å²) in [7, 11) is 0. The molecule has 2 atom stereocenters. The first-order valence-corrected chi connectivity index (χ1v) is 11.7. The van der Waals surface area contributed by atoms with E-state index in [9.17, 15) is 15.0 Å². The van der Waals surface area contributed by atoms with Crippen LogP contribution in [0.15, 0.2) is 0 Å². The molecule has 0 amide bonds. The Balaban J connectivity index is 4.53. The molecule has 2 unspecified atom stereocenters. The highest BCUT2D eigenvalue weighted by Crippen LogP contribution is 2.21. The van der Waals surface area contributed by atoms with Crippen LogP contribution in [0.1, 0.15) is 111 Å². The molecule has 0 rings (SSSR count). The van der Waals surface area contributed by atoms with Crippen LogP contribution in [0.3, 0.4) is 0 Å². The number of quaternary nitrogens is 1. The highest BCUT2D eigenvalue weighted by molar-refractivity contribution is 5.69. The van der Waals surface area contributed by atoms with Crippen molar-refractivity contribution in [3.63, 3.8) is 0 Å². The maximum Gasteiger partial charge on any atom is 0.126 e. The molecule has 162 valence electrons. The summed E-state index contributed by atoms with van der Waals surface area (Å²) in [6.45, 7) is 10.5. The number of nitrogens with zero attached hydrogens (tertiary/aromatic N) is 1. The minimum absolute atomic E-state index is 0.416. The van der Waals surface area contributed by atoms with E-state index in [2.05, 4.69) is 20.8 Å². The van der Waals surface area contributed by atoms with E-state index >= 15 is 0 Å². The molecule has 0 bridgehead atoms. The molecule has 0 aromatic carbocycles. The molecule has 4 heteroatoms. The van der Waals surface area contributed by atoms with Crippen LogP contribution in [0.2, 0.25) is 0 Å². The van der Waals surface area contributed by atoms with Gasteiger partial charge in [-0.25, -0.2) is 0 Å². The molecule has 0 saturated carbocycles. The first-order valence-electron chi connectivity index (χ1n) is 11.7. The first-order chi connectivity index (χ1) is 12.9. The summed E-state index contributed by atoms with van der Waals surface area (Å²) in [6, 6.07) is -0.559. The SMILES string of the molecule is CCCCCCCCCCC(O)C[N+](CCCC)(CCCC)C(C)C(=O)[O-]. The Bertz CT molecular complexity index is 352. The summed E-state index contributed by atoms with van der Waals surface area (Å²) < 4.78 is 0.474. The molecule has 0 spiro atoms. The molecule has 0 aliphatic heterocycles. The summed E-state index contributed by atoms with van der Waals surface area (Å²) in [5.41, 5.74) is 0. The maximum absolute atomic E-state index is 11.7. The molecular weight excluding hydrogens is 338 g/mol. The van der Waals surface area contributed by atoms with Gasteiger partial charge in [0.2, 0.25) is 0 Å². The van der Waals surface area contributed by atoms with Crippen molar-refractivity contribution in [2.45, 2.75) is 123 Å². The molecule has 0 heterocycles. The van der Waals surface area contributed by atoms with Crippen molar-refractivity contribution in [1.82, 2.24) is 0 Å². The Kier molecular flexibility index (Phi) is 16.0. The summed E-state index contributed by atoms with van der Waals surface area (Å²) in [6.07, 6.45) is 14.5. The summed E-state index contributed by atoms with van der Waals surface area (Å²) in [4.78, 5) is 11.7. The van der Waals surface area contributed by atoms with Gasteiger partial charge in [-0.2, -0.15) is 0 Å². The number of hydrogen-bond acceptors (Lipinski definition) is 3. The van der Waals surface area contributed by atoms with Crippen molar-refractivity contribution >= 4 is 5.97 Å². The Morgan fingerprint density at radius 1 is 0.815 bits per heavy atom. The van der Waals surface area contributed by atoms with Gasteiger partial charge in [0.15, 0.2) is 0 Å². The van der Waals surface area contributed by atoms with Crippen LogP contribution in [0.4, 0.5) is 0 Å². The van der Waals surface area contributed by atoms with Crippen molar-refractivity contribution in [1.29, 1.82) is 0 Å². The Morgan fingerprint density at radius 2 is 1.26 bits per heavy atom. The molecule has 0 aliphatic carbocycles. The lowest BCUT2D eigenvalue weighted by atomic mass is 10.0. The van der Waals surface area contributed by atoms with Crippen LogP contribution in [-0.2, 0) is 4.79 Å². The number of carbonyl (C=O) groups is 1. The number of unbranched alkanes of at least 4 members (excludes halogenated alkanes) is 9. The number of aliphatic hydroxyl groups excluding tert-OH is 1. The number of aliphatic hydroxyl groups is 1. The predicted molar refractivity (Wildman–Crippen MR) is 112 cm³/mol. The molecule has 0 fully saturated rings. The van der Waals surface area contributed by atoms with Crippen LogP contribution in [0.5, 0.6) is 0 Å². The lowest BCUT2D eigenvalue weighted by molar-refractivity contribution is -0.946. The van der Waals surface area contributed by atoms with Gasteiger partial charge in [0.05, 0.1) is 19.1 Å². The van der Waals surface area contributed by atoms with E-state index in [-0.39, 0.29) is 0 Å². The van der Waals surface area contributed by atoms with Crippen LogP contribution >= 0.6 is 0 Å². The highest BCUT2D eigenvalue weighted by atomic mass is 16.4. The zero-order chi connectivity index (χ0) is 20.5. The predicted octanol–water partition coefficient (Wildman–Crippen LogP) is 4.43. The van der Waals surface area contributed by atoms with E-state index in [0.717, 1.165) is 51.6 Å². The lowest BCUT2D eigenvalue weighted by Gasteiger charge is -2.45. The van der Waals surface area contributed by atoms with Crippen molar-refractivity contribution < 1.29 is 19.5 Å². The highest BCUT2D eigenvalue weighted by Gasteiger charge is 2.35. The minimum Gasteiger partial charge on any atom is -0.544 e. The zero-order valence-electron chi connectivity index (χ0n) is 18.7. The van der Waals surface area contributed by atoms with Gasteiger partial charge in [-0.05, 0) is 26.2 Å². The number of aliphatic carboxylic acids is 1. The van der Waals surface area contributed by atoms with E-state index in [1.165, 1.54) is 44.9 Å². The molecule has 1 N–H and O–H groups in total. The molecule has 0 aromatic heterocycles. The van der Waals surface area contributed by atoms with Gasteiger partial charge in [-0.15, -0.1) is 0 Å². The Labute approximate surface area is 168 Å². The molecule has 0 saturated heterocycles. The fraction of sp³-hybridized carbons (Fsp3) is 0.957. The second-order valence-electron chi connectivity index (χ2n) is 8.47. The number of rotatable bonds is 19. The van der Waals surface area contributed by atoms with Gasteiger partial charge in [0, 0.05) is 0 Å². The topological polar surface area (TPSA) is 60.4 Å². The van der Waals surface area contributed by atoms with Gasteiger partial charge < -0.3 is 19.5 Å². The molecule has 0 aromatic rings. The largest absolute Gasteiger partial charge is 0.544 e. The van der Waals surface area contributed by atoms with E-state index in [1.807, 2.05) is 0 Å². The summed E-state index contributed by atoms with van der Waals surface area (Å²) in [5.74, 6) is -0.985. The second-order valence-corrected chi connectivity index (χ2v) is 8.47. The quantitative estimate of drug-likeness (QED) is 0.264. The molecule has 4 nitrogen and oxygen atoms in total. The van der Waals surface area contributed by atoms with E-state index < -0.39 is 18.1 Å². The van der Waals surface area contributed by atoms with E-state index in [4.69, 9.17) is 0 Å². The third-order valence-corrected chi connectivity index (χ3v) is 6.04. The second kappa shape index (κ2) is 16.4.